The lowest BCUT2D eigenvalue weighted by Crippen LogP contribution is -2.50. The summed E-state index contributed by atoms with van der Waals surface area (Å²) in [5.41, 5.74) is 4.84. The Morgan fingerprint density at radius 3 is 1.52 bits per heavy atom. The maximum atomic E-state index is 13.3. The Balaban J connectivity index is 0.000000169. The fraction of sp³-hybridized carbons (Fsp3) is 0.289. The zero-order valence-corrected chi connectivity index (χ0v) is 39.6. The third-order valence-electron chi connectivity index (χ3n) is 11.1. The molecule has 20 heteroatoms. The quantitative estimate of drug-likeness (QED) is 0.129. The molecule has 1 N–H and O–H groups in total. The first kappa shape index (κ1) is 49.6. The number of nitrogens with zero attached hydrogens (tertiary/aromatic N) is 5. The number of sulfonamides is 1. The van der Waals surface area contributed by atoms with Crippen molar-refractivity contribution in [1.82, 2.24) is 19.6 Å². The SMILES string of the molecule is Cl.ClCCl.O=C1OCc2ccccc2N1C1CCN(S(=O)(=O)c2cccc3cccnc23)CC1.O=C1OCc2ccccc2N1C1CCNCC1.O=S(=O)(Cl)c1cccc2cccnc12. The van der Waals surface area contributed by atoms with E-state index in [2.05, 4.69) is 15.3 Å². The standard InChI is InChI=1S/C22H21N3O4S.C13H16N2O2.C9H6ClNO2S.CH2Cl2.ClH/c26-22-25(19-8-2-1-5-17(19)15-29-22)18-10-13-24(14-11-18)30(27,28)20-9-3-6-16-7-4-12-23-21(16)20;16-13-15(11-5-7-14-8-6-11)12-4-2-1-3-10(12)9-17-13;10-14(12,13)8-5-1-3-7-4-2-6-11-9(7)8;2-1-3;/h1-9,12,18H,10-11,13-15H2;1-4,11,14H,5-9H2;1-6H;1H2;1H. The molecule has 4 aliphatic heterocycles. The number of pyridine rings is 2. The number of aromatic nitrogens is 2. The molecule has 2 saturated heterocycles. The van der Waals surface area contributed by atoms with Gasteiger partial charge >= 0.3 is 12.2 Å². The van der Waals surface area contributed by atoms with E-state index in [0.717, 1.165) is 59.2 Å². The van der Waals surface area contributed by atoms with Crippen molar-refractivity contribution in [2.75, 3.05) is 41.3 Å². The van der Waals surface area contributed by atoms with Crippen LogP contribution in [-0.2, 0) is 41.8 Å². The zero-order valence-electron chi connectivity index (χ0n) is 34.8. The summed E-state index contributed by atoms with van der Waals surface area (Å²) >= 11 is 9.53. The molecule has 344 valence electrons. The van der Waals surface area contributed by atoms with E-state index in [1.54, 1.807) is 53.6 Å². The van der Waals surface area contributed by atoms with Gasteiger partial charge in [0.2, 0.25) is 10.0 Å². The van der Waals surface area contributed by atoms with E-state index in [0.29, 0.717) is 43.6 Å². The summed E-state index contributed by atoms with van der Waals surface area (Å²) in [7, 11) is -2.13. The molecular formula is C45H46Cl4N6O8S2. The van der Waals surface area contributed by atoms with Gasteiger partial charge in [-0.1, -0.05) is 72.8 Å². The summed E-state index contributed by atoms with van der Waals surface area (Å²) < 4.78 is 61.1. The number of rotatable bonds is 5. The number of nitrogens with one attached hydrogen (secondary N) is 1. The molecule has 0 radical (unpaired) electrons. The van der Waals surface area contributed by atoms with E-state index in [-0.39, 0.29) is 58.4 Å². The van der Waals surface area contributed by atoms with Gasteiger partial charge in [-0.05, 0) is 75.2 Å². The Hall–Kier alpha value is -4.78. The number of carbonyl (C=O) groups is 2. The highest BCUT2D eigenvalue weighted by molar-refractivity contribution is 8.14. The molecule has 2 amide bonds. The van der Waals surface area contributed by atoms with Gasteiger partial charge in [-0.15, -0.1) is 35.6 Å². The van der Waals surface area contributed by atoms with Crippen LogP contribution in [0, 0.1) is 0 Å². The van der Waals surface area contributed by atoms with Gasteiger partial charge in [0.15, 0.2) is 0 Å². The molecule has 14 nitrogen and oxygen atoms in total. The summed E-state index contributed by atoms with van der Waals surface area (Å²) in [6.07, 6.45) is 5.64. The van der Waals surface area contributed by atoms with Crippen LogP contribution in [0.4, 0.5) is 21.0 Å². The van der Waals surface area contributed by atoms with Crippen LogP contribution in [0.15, 0.2) is 131 Å². The number of halogens is 4. The molecule has 2 fully saturated rings. The number of carbonyl (C=O) groups excluding carboxylic acids is 2. The average Bonchev–Trinajstić information content (AvgIpc) is 3.32. The number of fused-ring (bicyclic) bond motifs is 4. The van der Waals surface area contributed by atoms with Gasteiger partial charge in [0.1, 0.15) is 23.0 Å². The number of ether oxygens (including phenoxy) is 2. The second-order valence-electron chi connectivity index (χ2n) is 14.9. The number of cyclic esters (lactones) is 2. The van der Waals surface area contributed by atoms with E-state index < -0.39 is 19.1 Å². The number of amides is 2. The maximum Gasteiger partial charge on any atom is 0.414 e. The molecule has 65 heavy (non-hydrogen) atoms. The number of hydrogen-bond acceptors (Lipinski definition) is 11. The number of alkyl halides is 2. The third-order valence-corrected chi connectivity index (χ3v) is 14.4. The summed E-state index contributed by atoms with van der Waals surface area (Å²) in [5.74, 6) is 0. The van der Waals surface area contributed by atoms with Crippen LogP contribution in [0.25, 0.3) is 21.8 Å². The highest BCUT2D eigenvalue weighted by atomic mass is 35.7. The molecule has 0 unspecified atom stereocenters. The van der Waals surface area contributed by atoms with Crippen molar-refractivity contribution >= 4 is 111 Å². The minimum atomic E-state index is -3.72. The first-order chi connectivity index (χ1) is 30.9. The monoisotopic (exact) mass is 1000 g/mol. The molecule has 6 heterocycles. The normalized spacial score (nSPS) is 16.7. The lowest BCUT2D eigenvalue weighted by molar-refractivity contribution is 0.135. The summed E-state index contributed by atoms with van der Waals surface area (Å²) in [6.45, 7) is 3.28. The summed E-state index contributed by atoms with van der Waals surface area (Å²) in [5, 5.41) is 5.06. The maximum absolute atomic E-state index is 13.3. The minimum Gasteiger partial charge on any atom is -0.444 e. The number of anilines is 2. The number of piperidine rings is 2. The van der Waals surface area contributed by atoms with Crippen molar-refractivity contribution in [3.8, 4) is 0 Å². The molecule has 0 spiro atoms. The molecule has 0 atom stereocenters. The summed E-state index contributed by atoms with van der Waals surface area (Å²) in [6, 6.07) is 33.1. The fourth-order valence-electron chi connectivity index (χ4n) is 8.14. The molecule has 4 aliphatic rings. The van der Waals surface area contributed by atoms with Crippen molar-refractivity contribution in [3.63, 3.8) is 0 Å². The average molecular weight is 1000 g/mol. The Morgan fingerprint density at radius 2 is 1.03 bits per heavy atom. The third kappa shape index (κ3) is 11.6. The molecule has 0 aliphatic carbocycles. The van der Waals surface area contributed by atoms with E-state index in [1.807, 2.05) is 65.6 Å². The summed E-state index contributed by atoms with van der Waals surface area (Å²) in [4.78, 5) is 36.5. The van der Waals surface area contributed by atoms with Crippen molar-refractivity contribution in [2.45, 2.75) is 60.8 Å². The van der Waals surface area contributed by atoms with E-state index in [4.69, 9.17) is 43.4 Å². The van der Waals surface area contributed by atoms with Gasteiger partial charge in [0.25, 0.3) is 9.05 Å². The molecular weight excluding hydrogens is 958 g/mol. The van der Waals surface area contributed by atoms with Gasteiger partial charge in [0.05, 0.1) is 27.7 Å². The first-order valence-corrected chi connectivity index (χ1v) is 25.3. The van der Waals surface area contributed by atoms with E-state index >= 15 is 0 Å². The molecule has 4 aromatic carbocycles. The van der Waals surface area contributed by atoms with E-state index in [1.165, 1.54) is 16.6 Å². The number of hydrogen-bond donors (Lipinski definition) is 1. The minimum absolute atomic E-state index is 0. The Kier molecular flexibility index (Phi) is 17.3. The topological polar surface area (TPSA) is 168 Å². The molecule has 0 saturated carbocycles. The lowest BCUT2D eigenvalue weighted by atomic mass is 10.0. The Labute approximate surface area is 398 Å². The van der Waals surface area contributed by atoms with Gasteiger partial charge in [-0.25, -0.2) is 26.4 Å². The van der Waals surface area contributed by atoms with Crippen molar-refractivity contribution < 1.29 is 35.9 Å². The van der Waals surface area contributed by atoms with Crippen LogP contribution in [0.2, 0.25) is 0 Å². The number of para-hydroxylation sites is 4. The molecule has 2 aromatic heterocycles. The van der Waals surface area contributed by atoms with Gasteiger partial charge in [-0.3, -0.25) is 19.8 Å². The highest BCUT2D eigenvalue weighted by Crippen LogP contribution is 2.34. The van der Waals surface area contributed by atoms with Gasteiger partial charge in [0, 0.05) is 70.1 Å². The van der Waals surface area contributed by atoms with Crippen LogP contribution in [0.1, 0.15) is 36.8 Å². The van der Waals surface area contributed by atoms with Crippen LogP contribution >= 0.6 is 46.3 Å². The van der Waals surface area contributed by atoms with Crippen molar-refractivity contribution in [2.24, 2.45) is 0 Å². The van der Waals surface area contributed by atoms with Crippen molar-refractivity contribution in [1.29, 1.82) is 0 Å². The van der Waals surface area contributed by atoms with Crippen LogP contribution < -0.4 is 15.1 Å². The highest BCUT2D eigenvalue weighted by Gasteiger charge is 2.38. The second-order valence-corrected chi connectivity index (χ2v) is 20.2. The lowest BCUT2D eigenvalue weighted by Gasteiger charge is -2.39. The van der Waals surface area contributed by atoms with Crippen LogP contribution in [0.3, 0.4) is 0 Å². The largest absolute Gasteiger partial charge is 0.444 e. The molecule has 6 aromatic rings. The van der Waals surface area contributed by atoms with Gasteiger partial charge in [-0.2, -0.15) is 4.31 Å². The van der Waals surface area contributed by atoms with Crippen LogP contribution in [-0.4, -0.2) is 86.9 Å². The first-order valence-electron chi connectivity index (χ1n) is 20.4. The predicted octanol–water partition coefficient (Wildman–Crippen LogP) is 9.45. The Morgan fingerprint density at radius 1 is 0.600 bits per heavy atom. The Bertz CT molecular complexity index is 2820. The second kappa shape index (κ2) is 22.6. The smallest absolute Gasteiger partial charge is 0.414 e. The number of benzene rings is 4. The van der Waals surface area contributed by atoms with Crippen molar-refractivity contribution in [3.05, 3.63) is 133 Å². The molecule has 0 bridgehead atoms. The van der Waals surface area contributed by atoms with Crippen LogP contribution in [0.5, 0.6) is 0 Å². The van der Waals surface area contributed by atoms with E-state index in [9.17, 15) is 26.4 Å². The fourth-order valence-corrected chi connectivity index (χ4v) is 10.8. The van der Waals surface area contributed by atoms with Gasteiger partial charge < -0.3 is 14.8 Å². The molecule has 10 rings (SSSR count). The predicted molar refractivity (Wildman–Crippen MR) is 256 cm³/mol. The zero-order chi connectivity index (χ0) is 45.3.